The van der Waals surface area contributed by atoms with Crippen molar-refractivity contribution in [3.63, 3.8) is 0 Å². The van der Waals surface area contributed by atoms with Crippen LogP contribution in [0.4, 0.5) is 5.00 Å². The Bertz CT molecular complexity index is 1040. The molecule has 0 aliphatic heterocycles. The van der Waals surface area contributed by atoms with Crippen molar-refractivity contribution in [2.24, 2.45) is 0 Å². The van der Waals surface area contributed by atoms with E-state index >= 15 is 0 Å². The quantitative estimate of drug-likeness (QED) is 0.473. The maximum atomic E-state index is 12.4. The number of ether oxygens (including phenoxy) is 2. The lowest BCUT2D eigenvalue weighted by atomic mass is 10.0. The van der Waals surface area contributed by atoms with E-state index in [9.17, 15) is 9.59 Å². The predicted octanol–water partition coefficient (Wildman–Crippen LogP) is 5.60. The molecule has 0 saturated heterocycles. The Hall–Kier alpha value is -2.64. The Morgan fingerprint density at radius 3 is 2.48 bits per heavy atom. The van der Waals surface area contributed by atoms with Crippen molar-refractivity contribution in [1.82, 2.24) is 0 Å². The Kier molecular flexibility index (Phi) is 6.71. The van der Waals surface area contributed by atoms with E-state index in [1.54, 1.807) is 0 Å². The number of carbonyl (C=O) groups excluding carboxylic acids is 2. The van der Waals surface area contributed by atoms with E-state index < -0.39 is 5.97 Å². The van der Waals surface area contributed by atoms with Crippen molar-refractivity contribution < 1.29 is 19.1 Å². The zero-order valence-electron chi connectivity index (χ0n) is 16.2. The van der Waals surface area contributed by atoms with E-state index in [2.05, 4.69) is 21.2 Å². The third-order valence-corrected chi connectivity index (χ3v) is 5.70. The van der Waals surface area contributed by atoms with Gasteiger partial charge in [-0.2, -0.15) is 0 Å². The molecule has 0 spiro atoms. The number of methoxy groups -OCH3 is 1. The first-order valence-electron chi connectivity index (χ1n) is 8.84. The number of hydrogen-bond acceptors (Lipinski definition) is 5. The summed E-state index contributed by atoms with van der Waals surface area (Å²) < 4.78 is 11.5. The second kappa shape index (κ2) is 9.24. The molecule has 29 heavy (non-hydrogen) atoms. The number of rotatable bonds is 6. The van der Waals surface area contributed by atoms with Gasteiger partial charge in [0.05, 0.1) is 7.11 Å². The minimum Gasteiger partial charge on any atom is -0.483 e. The number of nitrogens with one attached hydrogen (secondary N) is 1. The average molecular weight is 474 g/mol. The summed E-state index contributed by atoms with van der Waals surface area (Å²) in [5.74, 6) is -0.199. The minimum absolute atomic E-state index is 0.157. The summed E-state index contributed by atoms with van der Waals surface area (Å²) >= 11 is 4.68. The molecule has 1 N–H and O–H groups in total. The number of esters is 1. The van der Waals surface area contributed by atoms with Gasteiger partial charge in [-0.3, -0.25) is 4.79 Å². The molecule has 7 heteroatoms. The monoisotopic (exact) mass is 473 g/mol. The molecule has 0 radical (unpaired) electrons. The lowest BCUT2D eigenvalue weighted by molar-refractivity contribution is -0.118. The lowest BCUT2D eigenvalue weighted by Crippen LogP contribution is -2.21. The van der Waals surface area contributed by atoms with E-state index in [1.165, 1.54) is 18.4 Å². The fraction of sp³-hybridized carbons (Fsp3) is 0.182. The average Bonchev–Trinajstić information content (AvgIpc) is 3.10. The van der Waals surface area contributed by atoms with Gasteiger partial charge in [0.25, 0.3) is 5.91 Å². The highest BCUT2D eigenvalue weighted by molar-refractivity contribution is 9.10. The van der Waals surface area contributed by atoms with Gasteiger partial charge in [0.15, 0.2) is 6.61 Å². The number of amides is 1. The number of aryl methyl sites for hydroxylation is 2. The SMILES string of the molecule is COC(=O)c1c(-c2ccc(Br)cc2)csc1NC(=O)COc1ccc(C)cc1C. The van der Waals surface area contributed by atoms with Crippen LogP contribution in [-0.4, -0.2) is 25.6 Å². The molecule has 5 nitrogen and oxygen atoms in total. The topological polar surface area (TPSA) is 64.6 Å². The Morgan fingerprint density at radius 2 is 1.83 bits per heavy atom. The van der Waals surface area contributed by atoms with Crippen LogP contribution in [0.15, 0.2) is 52.3 Å². The summed E-state index contributed by atoms with van der Waals surface area (Å²) in [7, 11) is 1.32. The molecule has 0 aliphatic rings. The van der Waals surface area contributed by atoms with Gasteiger partial charge in [-0.15, -0.1) is 11.3 Å². The predicted molar refractivity (Wildman–Crippen MR) is 119 cm³/mol. The van der Waals surface area contributed by atoms with Crippen molar-refractivity contribution >= 4 is 44.1 Å². The van der Waals surface area contributed by atoms with Gasteiger partial charge in [-0.05, 0) is 43.2 Å². The third-order valence-electron chi connectivity index (χ3n) is 4.28. The molecule has 0 unspecified atom stereocenters. The van der Waals surface area contributed by atoms with Gasteiger partial charge < -0.3 is 14.8 Å². The first-order valence-corrected chi connectivity index (χ1v) is 10.5. The molecule has 0 aliphatic carbocycles. The van der Waals surface area contributed by atoms with Crippen LogP contribution in [0.25, 0.3) is 11.1 Å². The molecule has 1 aromatic heterocycles. The Labute approximate surface area is 181 Å². The van der Waals surface area contributed by atoms with Crippen molar-refractivity contribution in [3.05, 3.63) is 69.0 Å². The maximum Gasteiger partial charge on any atom is 0.341 e. The summed E-state index contributed by atoms with van der Waals surface area (Å²) in [5, 5.41) is 5.04. The van der Waals surface area contributed by atoms with Crippen LogP contribution >= 0.6 is 27.3 Å². The molecule has 0 saturated carbocycles. The number of carbonyl (C=O) groups is 2. The highest BCUT2D eigenvalue weighted by atomic mass is 79.9. The Balaban J connectivity index is 1.78. The normalized spacial score (nSPS) is 10.5. The maximum absolute atomic E-state index is 12.4. The van der Waals surface area contributed by atoms with Crippen LogP contribution < -0.4 is 10.1 Å². The first-order chi connectivity index (χ1) is 13.9. The summed E-state index contributed by atoms with van der Waals surface area (Å²) in [6.45, 7) is 3.77. The summed E-state index contributed by atoms with van der Waals surface area (Å²) in [4.78, 5) is 24.8. The molecule has 1 heterocycles. The van der Waals surface area contributed by atoms with E-state index in [0.717, 1.165) is 21.2 Å². The first kappa shape index (κ1) is 21.1. The highest BCUT2D eigenvalue weighted by Gasteiger charge is 2.22. The number of hydrogen-bond donors (Lipinski definition) is 1. The molecular weight excluding hydrogens is 454 g/mol. The molecular formula is C22H20BrNO4S. The van der Waals surface area contributed by atoms with Crippen LogP contribution in [0.3, 0.4) is 0 Å². The smallest absolute Gasteiger partial charge is 0.341 e. The fourth-order valence-electron chi connectivity index (χ4n) is 2.86. The van der Waals surface area contributed by atoms with E-state index in [-0.39, 0.29) is 12.5 Å². The van der Waals surface area contributed by atoms with Crippen LogP contribution in [-0.2, 0) is 9.53 Å². The second-order valence-electron chi connectivity index (χ2n) is 6.46. The van der Waals surface area contributed by atoms with E-state index in [1.807, 2.05) is 61.7 Å². The molecule has 2 aromatic carbocycles. The van der Waals surface area contributed by atoms with Crippen LogP contribution in [0.1, 0.15) is 21.5 Å². The van der Waals surface area contributed by atoms with E-state index in [4.69, 9.17) is 9.47 Å². The van der Waals surface area contributed by atoms with Crippen molar-refractivity contribution in [3.8, 4) is 16.9 Å². The molecule has 0 atom stereocenters. The van der Waals surface area contributed by atoms with Crippen molar-refractivity contribution in [2.75, 3.05) is 19.0 Å². The number of halogens is 1. The van der Waals surface area contributed by atoms with Gasteiger partial charge in [0.1, 0.15) is 16.3 Å². The van der Waals surface area contributed by atoms with Gasteiger partial charge >= 0.3 is 5.97 Å². The fourth-order valence-corrected chi connectivity index (χ4v) is 4.10. The van der Waals surface area contributed by atoms with E-state index in [0.29, 0.717) is 21.9 Å². The molecule has 3 aromatic rings. The highest BCUT2D eigenvalue weighted by Crippen LogP contribution is 2.36. The van der Waals surface area contributed by atoms with Crippen molar-refractivity contribution in [1.29, 1.82) is 0 Å². The minimum atomic E-state index is -0.505. The van der Waals surface area contributed by atoms with Gasteiger partial charge in [0, 0.05) is 15.4 Å². The molecule has 0 fully saturated rings. The largest absolute Gasteiger partial charge is 0.483 e. The van der Waals surface area contributed by atoms with Gasteiger partial charge in [-0.25, -0.2) is 4.79 Å². The zero-order valence-corrected chi connectivity index (χ0v) is 18.6. The summed E-state index contributed by atoms with van der Waals surface area (Å²) in [5.41, 5.74) is 3.99. The standard InChI is InChI=1S/C22H20BrNO4S/c1-13-4-9-18(14(2)10-13)28-11-19(25)24-21-20(22(26)27-3)17(12-29-21)15-5-7-16(23)8-6-15/h4-10,12H,11H2,1-3H3,(H,24,25). The number of thiophene rings is 1. The molecule has 3 rings (SSSR count). The molecule has 1 amide bonds. The van der Waals surface area contributed by atoms with Crippen LogP contribution in [0.5, 0.6) is 5.75 Å². The summed E-state index contributed by atoms with van der Waals surface area (Å²) in [6.07, 6.45) is 0. The zero-order chi connectivity index (χ0) is 21.0. The lowest BCUT2D eigenvalue weighted by Gasteiger charge is -2.11. The number of benzene rings is 2. The van der Waals surface area contributed by atoms with Crippen molar-refractivity contribution in [2.45, 2.75) is 13.8 Å². The van der Waals surface area contributed by atoms with Gasteiger partial charge in [-0.1, -0.05) is 45.8 Å². The third kappa shape index (κ3) is 5.05. The van der Waals surface area contributed by atoms with Gasteiger partial charge in [0.2, 0.25) is 0 Å². The molecule has 0 bridgehead atoms. The van der Waals surface area contributed by atoms with Crippen LogP contribution in [0, 0.1) is 13.8 Å². The molecule has 150 valence electrons. The van der Waals surface area contributed by atoms with Crippen LogP contribution in [0.2, 0.25) is 0 Å². The number of anilines is 1. The Morgan fingerprint density at radius 1 is 1.10 bits per heavy atom. The second-order valence-corrected chi connectivity index (χ2v) is 8.25. The summed E-state index contributed by atoms with van der Waals surface area (Å²) in [6, 6.07) is 13.3.